The smallest absolute Gasteiger partial charge is 0.222 e. The topological polar surface area (TPSA) is 231 Å². The lowest BCUT2D eigenvalue weighted by molar-refractivity contribution is -0.0696. The quantitative estimate of drug-likeness (QED) is 0.0165. The van der Waals surface area contributed by atoms with Crippen LogP contribution in [0.1, 0.15) is 96.4 Å². The van der Waals surface area contributed by atoms with Crippen LogP contribution in [-0.4, -0.2) is 184 Å². The molecule has 608 valence electrons. The molecule has 5 heterocycles. The number of fused-ring (bicyclic) bond motifs is 9. The van der Waals surface area contributed by atoms with E-state index in [2.05, 4.69) is 111 Å². The van der Waals surface area contributed by atoms with Gasteiger partial charge in [-0.25, -0.2) is 28.7 Å². The lowest BCUT2D eigenvalue weighted by Crippen LogP contribution is -2.29. The van der Waals surface area contributed by atoms with Crippen LogP contribution >= 0.6 is 47.0 Å². The van der Waals surface area contributed by atoms with Crippen LogP contribution in [0.3, 0.4) is 0 Å². The van der Waals surface area contributed by atoms with Crippen LogP contribution in [0.4, 0.5) is 8.78 Å². The molecule has 0 amide bonds. The summed E-state index contributed by atoms with van der Waals surface area (Å²) in [6.45, 7) is 20.2. The first kappa shape index (κ1) is 87.1. The maximum absolute atomic E-state index is 13.6. The number of thioether (sulfide) groups is 4. The molecule has 1 saturated heterocycles. The van der Waals surface area contributed by atoms with E-state index in [4.69, 9.17) is 81.8 Å². The van der Waals surface area contributed by atoms with E-state index in [1.165, 1.54) is 40.1 Å². The Labute approximate surface area is 689 Å². The normalized spacial score (nSPS) is 14.3. The number of halogens is 2. The maximum Gasteiger partial charge on any atom is 0.222 e. The molecular formula is C88H100F2N8O13S4. The Morgan fingerprint density at radius 3 is 1.28 bits per heavy atom. The van der Waals surface area contributed by atoms with Crippen molar-refractivity contribution in [2.45, 2.75) is 117 Å². The van der Waals surface area contributed by atoms with E-state index in [0.717, 1.165) is 122 Å². The molecule has 0 spiro atoms. The average Bonchev–Trinajstić information content (AvgIpc) is 1.17. The molecule has 27 heteroatoms. The number of hydrogen-bond donors (Lipinski definition) is 0. The van der Waals surface area contributed by atoms with Crippen molar-refractivity contribution in [3.8, 4) is 74.3 Å². The fourth-order valence-corrected chi connectivity index (χ4v) is 16.6. The van der Waals surface area contributed by atoms with Crippen LogP contribution in [0, 0.1) is 18.6 Å². The average molecular weight is 1640 g/mol. The number of hydrogen-bond acceptors (Lipinski definition) is 25. The molecule has 0 unspecified atom stereocenters. The van der Waals surface area contributed by atoms with Gasteiger partial charge in [0.05, 0.1) is 76.1 Å². The molecule has 3 aliphatic carbocycles. The molecule has 4 aromatic heterocycles. The SMILES string of the molecule is COCCOc1nc(SCCOC)nc(-c2ccccc2)c1C.COCCSc1nc(OCC(=O)c2ccc(F)c(F)c2)c2c(n1)-c1ccccc1CC2(C)C.COCCSc1nc(OCC2OCCO2)c2c(n1)-c1ccccc1CC2(C)C.COCCSc1nc(OCc2ccc(OC)cc2)c2c(n1)-c1ccccc1CC2(C)C. The first-order valence-corrected chi connectivity index (χ1v) is 41.9. The Morgan fingerprint density at radius 1 is 0.435 bits per heavy atom. The van der Waals surface area contributed by atoms with Gasteiger partial charge in [0, 0.05) is 125 Å². The van der Waals surface area contributed by atoms with E-state index < -0.39 is 17.4 Å². The lowest BCUT2D eigenvalue weighted by Gasteiger charge is -2.34. The highest BCUT2D eigenvalue weighted by atomic mass is 32.2. The predicted molar refractivity (Wildman–Crippen MR) is 447 cm³/mol. The molecule has 14 rings (SSSR count). The summed E-state index contributed by atoms with van der Waals surface area (Å²) in [5.41, 5.74) is 16.2. The largest absolute Gasteiger partial charge is 0.497 e. The standard InChI is InChI=1S/C25H24F2N2O3S.C25H28N2O3S.C21H26N2O4S.C17H22N2O3S/c1-25(2)13-16-6-4-5-7-17(16)22-21(25)23(29-24(28-22)33-11-10-31-3)32-14-20(30)15-8-9-18(26)19(27)12-15;1-25(2)15-18-7-5-6-8-20(18)22-21(25)23(27-24(26-22)31-14-13-28-3)30-16-17-9-11-19(29-4)12-10-17;1-21(2)12-14-6-4-5-7-15(14)18-17(21)19(27-13-16-25-8-9-26-16)23-20(22-18)28-11-10-24-3;1-13-15(14-7-5-4-6-8-14)18-17(23-12-11-21-3)19-16(13)22-10-9-20-2/h4-9,12H,10-11,13-14H2,1-3H3;5-12H,13-16H2,1-4H3;4-7,16H,8-13H2,1-3H3;4-8H,9-12H2,1-3H3. The molecule has 0 bridgehead atoms. The molecule has 1 fully saturated rings. The summed E-state index contributed by atoms with van der Waals surface area (Å²) < 4.78 is 92.9. The molecule has 6 aromatic carbocycles. The van der Waals surface area contributed by atoms with E-state index in [-0.39, 0.29) is 34.7 Å². The highest BCUT2D eigenvalue weighted by Crippen LogP contribution is 2.50. The van der Waals surface area contributed by atoms with Crippen molar-refractivity contribution in [3.05, 3.63) is 207 Å². The zero-order valence-electron chi connectivity index (χ0n) is 67.4. The van der Waals surface area contributed by atoms with E-state index in [0.29, 0.717) is 116 Å². The molecule has 21 nitrogen and oxygen atoms in total. The molecule has 115 heavy (non-hydrogen) atoms. The minimum Gasteiger partial charge on any atom is -0.497 e. The number of carbonyl (C=O) groups excluding carboxylic acids is 1. The van der Waals surface area contributed by atoms with Gasteiger partial charge in [0.1, 0.15) is 25.6 Å². The van der Waals surface area contributed by atoms with Crippen molar-refractivity contribution in [1.82, 2.24) is 39.9 Å². The fourth-order valence-electron chi connectivity index (χ4n) is 13.6. The second kappa shape index (κ2) is 41.9. The first-order chi connectivity index (χ1) is 55.6. The Kier molecular flexibility index (Phi) is 31.8. The Hall–Kier alpha value is -8.71. The summed E-state index contributed by atoms with van der Waals surface area (Å²) >= 11 is 6.16. The summed E-state index contributed by atoms with van der Waals surface area (Å²) in [6.07, 6.45) is 2.27. The number of carbonyl (C=O) groups is 1. The summed E-state index contributed by atoms with van der Waals surface area (Å²) in [7, 11) is 10.0. The molecule has 0 saturated carbocycles. The minimum atomic E-state index is -1.07. The van der Waals surface area contributed by atoms with Crippen molar-refractivity contribution in [2.75, 3.05) is 132 Å². The van der Waals surface area contributed by atoms with Crippen LogP contribution in [0.15, 0.2) is 166 Å². The summed E-state index contributed by atoms with van der Waals surface area (Å²) in [5.74, 6) is 3.55. The van der Waals surface area contributed by atoms with Crippen LogP contribution in [0.25, 0.3) is 45.0 Å². The first-order valence-electron chi connectivity index (χ1n) is 37.9. The Bertz CT molecular complexity index is 4890. The van der Waals surface area contributed by atoms with Gasteiger partial charge in [0.25, 0.3) is 0 Å². The number of benzene rings is 6. The van der Waals surface area contributed by atoms with Gasteiger partial charge < -0.3 is 56.8 Å². The highest BCUT2D eigenvalue weighted by molar-refractivity contribution is 7.99. The van der Waals surface area contributed by atoms with Crippen molar-refractivity contribution in [1.29, 1.82) is 0 Å². The van der Waals surface area contributed by atoms with Gasteiger partial charge >= 0.3 is 0 Å². The zero-order chi connectivity index (χ0) is 81.5. The van der Waals surface area contributed by atoms with E-state index in [9.17, 15) is 13.6 Å². The molecular weight excluding hydrogens is 1540 g/mol. The van der Waals surface area contributed by atoms with Gasteiger partial charge in [-0.05, 0) is 78.8 Å². The number of ether oxygens (including phenoxy) is 12. The molecule has 10 aromatic rings. The predicted octanol–water partition coefficient (Wildman–Crippen LogP) is 17.2. The summed E-state index contributed by atoms with van der Waals surface area (Å²) in [5, 5.41) is 2.63. The Morgan fingerprint density at radius 2 is 0.843 bits per heavy atom. The molecule has 0 N–H and O–H groups in total. The van der Waals surface area contributed by atoms with E-state index >= 15 is 0 Å². The second-order valence-electron chi connectivity index (χ2n) is 29.1. The van der Waals surface area contributed by atoms with Gasteiger partial charge in [-0.15, -0.1) is 0 Å². The maximum atomic E-state index is 13.6. The van der Waals surface area contributed by atoms with Crippen LogP contribution in [0.5, 0.6) is 29.3 Å². The van der Waals surface area contributed by atoms with Crippen LogP contribution < -0.4 is 23.7 Å². The number of aromatic nitrogens is 8. The third kappa shape index (κ3) is 22.9. The van der Waals surface area contributed by atoms with E-state index in [1.807, 2.05) is 79.7 Å². The second-order valence-corrected chi connectivity index (χ2v) is 33.3. The summed E-state index contributed by atoms with van der Waals surface area (Å²) in [6, 6.07) is 46.1. The van der Waals surface area contributed by atoms with Gasteiger partial charge in [0.15, 0.2) is 50.9 Å². The zero-order valence-corrected chi connectivity index (χ0v) is 70.7. The monoisotopic (exact) mass is 1640 g/mol. The molecule has 0 atom stereocenters. The third-order valence-electron chi connectivity index (χ3n) is 19.2. The number of rotatable bonds is 32. The Balaban J connectivity index is 0.000000152. The number of nitrogens with zero attached hydrogens (tertiary/aromatic N) is 8. The van der Waals surface area contributed by atoms with Crippen molar-refractivity contribution in [3.63, 3.8) is 0 Å². The van der Waals surface area contributed by atoms with Crippen LogP contribution in [-0.2, 0) is 75.3 Å². The fraction of sp³-hybridized carbons (Fsp3) is 0.398. The van der Waals surface area contributed by atoms with Crippen molar-refractivity contribution in [2.24, 2.45) is 0 Å². The van der Waals surface area contributed by atoms with Crippen LogP contribution in [0.2, 0.25) is 0 Å². The summed E-state index contributed by atoms with van der Waals surface area (Å²) in [4.78, 5) is 50.7. The molecule has 1 aliphatic heterocycles. The number of methoxy groups -OCH3 is 6. The highest BCUT2D eigenvalue weighted by Gasteiger charge is 2.40. The van der Waals surface area contributed by atoms with E-state index in [1.54, 1.807) is 77.9 Å². The van der Waals surface area contributed by atoms with Gasteiger partial charge in [-0.1, -0.05) is 204 Å². The van der Waals surface area contributed by atoms with Crippen molar-refractivity contribution < 1.29 is 70.4 Å². The number of ketones is 1. The molecule has 0 radical (unpaired) electrons. The van der Waals surface area contributed by atoms with Gasteiger partial charge in [-0.3, -0.25) is 4.79 Å². The third-order valence-corrected chi connectivity index (χ3v) is 22.4. The number of Topliss-reactive ketones (excluding diaryl/α,β-unsaturated/α-hetero) is 1. The van der Waals surface area contributed by atoms with Gasteiger partial charge in [-0.2, -0.15) is 19.9 Å². The minimum absolute atomic E-state index is 0.0381. The molecule has 4 aliphatic rings. The van der Waals surface area contributed by atoms with Gasteiger partial charge in [0.2, 0.25) is 23.5 Å². The lowest BCUT2D eigenvalue weighted by atomic mass is 9.72. The van der Waals surface area contributed by atoms with Crippen molar-refractivity contribution >= 4 is 52.8 Å².